The van der Waals surface area contributed by atoms with Crippen molar-refractivity contribution in [3.63, 3.8) is 0 Å². The maximum atomic E-state index is 5.76. The van der Waals surface area contributed by atoms with Crippen LogP contribution in [0.4, 0.5) is 0 Å². The third-order valence-electron chi connectivity index (χ3n) is 4.21. The van der Waals surface area contributed by atoms with E-state index in [4.69, 9.17) is 4.74 Å². The summed E-state index contributed by atoms with van der Waals surface area (Å²) in [6.07, 6.45) is 3.80. The van der Waals surface area contributed by atoms with Crippen LogP contribution in [-0.4, -0.2) is 22.3 Å². The lowest BCUT2D eigenvalue weighted by atomic mass is 10.1. The molecule has 0 atom stereocenters. The van der Waals surface area contributed by atoms with E-state index in [9.17, 15) is 0 Å². The fourth-order valence-electron chi connectivity index (χ4n) is 2.87. The summed E-state index contributed by atoms with van der Waals surface area (Å²) in [5.41, 5.74) is 2.45. The van der Waals surface area contributed by atoms with E-state index in [2.05, 4.69) is 39.6 Å². The second-order valence-corrected chi connectivity index (χ2v) is 8.03. The molecule has 0 amide bonds. The molecule has 0 fully saturated rings. The van der Waals surface area contributed by atoms with E-state index in [1.807, 2.05) is 48.2 Å². The second-order valence-electron chi connectivity index (χ2n) is 6.09. The number of hydrogen-bond acceptors (Lipinski definition) is 5. The van der Waals surface area contributed by atoms with Crippen molar-refractivity contribution in [1.82, 2.24) is 9.97 Å². The van der Waals surface area contributed by atoms with Gasteiger partial charge in [-0.25, -0.2) is 9.97 Å². The highest BCUT2D eigenvalue weighted by atomic mass is 32.2. The summed E-state index contributed by atoms with van der Waals surface area (Å²) in [4.78, 5) is 10.1. The molecule has 0 aliphatic carbocycles. The number of aromatic nitrogens is 2. The smallest absolute Gasteiger partial charge is 0.128 e. The molecule has 0 unspecified atom stereocenters. The van der Waals surface area contributed by atoms with E-state index in [0.29, 0.717) is 0 Å². The van der Waals surface area contributed by atoms with Crippen LogP contribution in [-0.2, 0) is 0 Å². The predicted molar refractivity (Wildman–Crippen MR) is 115 cm³/mol. The quantitative estimate of drug-likeness (QED) is 0.200. The van der Waals surface area contributed by atoms with E-state index >= 15 is 0 Å². The Morgan fingerprint density at radius 3 is 2.48 bits per heavy atom. The van der Waals surface area contributed by atoms with Gasteiger partial charge < -0.3 is 4.74 Å². The van der Waals surface area contributed by atoms with Gasteiger partial charge in [-0.2, -0.15) is 0 Å². The lowest BCUT2D eigenvalue weighted by Crippen LogP contribution is -1.97. The largest absolute Gasteiger partial charge is 0.494 e. The third-order valence-corrected chi connectivity index (χ3v) is 6.17. The molecule has 0 spiro atoms. The molecule has 0 saturated heterocycles. The predicted octanol–water partition coefficient (Wildman–Crippen LogP) is 6.31. The molecule has 0 radical (unpaired) electrons. The number of nitrogens with zero attached hydrogens (tertiary/aromatic N) is 2. The summed E-state index contributed by atoms with van der Waals surface area (Å²) in [5.74, 6) is 1.96. The molecular formula is C22H20N2OS2. The van der Waals surface area contributed by atoms with Crippen molar-refractivity contribution in [2.24, 2.45) is 0 Å². The van der Waals surface area contributed by atoms with E-state index < -0.39 is 0 Å². The van der Waals surface area contributed by atoms with E-state index in [-0.39, 0.29) is 0 Å². The summed E-state index contributed by atoms with van der Waals surface area (Å²) in [5, 5.41) is 4.44. The zero-order chi connectivity index (χ0) is 18.3. The van der Waals surface area contributed by atoms with Gasteiger partial charge in [0.15, 0.2) is 0 Å². The van der Waals surface area contributed by atoms with Crippen molar-refractivity contribution in [2.75, 3.05) is 12.4 Å². The summed E-state index contributed by atoms with van der Waals surface area (Å²) in [6, 6.07) is 20.5. The summed E-state index contributed by atoms with van der Waals surface area (Å²) in [7, 11) is 0. The molecule has 136 valence electrons. The van der Waals surface area contributed by atoms with E-state index in [1.165, 1.54) is 16.5 Å². The highest BCUT2D eigenvalue weighted by Gasteiger charge is 2.13. The Morgan fingerprint density at radius 1 is 0.889 bits per heavy atom. The summed E-state index contributed by atoms with van der Waals surface area (Å²) < 4.78 is 5.76. The SMILES string of the molecule is c1ccc(OCCCCSc2ncnc3scc(-c4ccccc4)c23)cc1. The molecule has 0 aliphatic heterocycles. The molecule has 0 N–H and O–H groups in total. The van der Waals surface area contributed by atoms with Gasteiger partial charge in [-0.05, 0) is 36.3 Å². The molecule has 27 heavy (non-hydrogen) atoms. The average molecular weight is 393 g/mol. The minimum Gasteiger partial charge on any atom is -0.494 e. The molecule has 2 aromatic heterocycles. The molecule has 2 heterocycles. The molecular weight excluding hydrogens is 372 g/mol. The van der Waals surface area contributed by atoms with Crippen LogP contribution >= 0.6 is 23.1 Å². The van der Waals surface area contributed by atoms with Gasteiger partial charge in [0.1, 0.15) is 21.9 Å². The first-order valence-corrected chi connectivity index (χ1v) is 10.9. The fourth-order valence-corrected chi connectivity index (χ4v) is 4.86. The van der Waals surface area contributed by atoms with Crippen LogP contribution in [0.1, 0.15) is 12.8 Å². The Morgan fingerprint density at radius 2 is 1.67 bits per heavy atom. The Labute approximate surface area is 167 Å². The van der Waals surface area contributed by atoms with Gasteiger partial charge in [0.05, 0.1) is 12.0 Å². The van der Waals surface area contributed by atoms with Gasteiger partial charge >= 0.3 is 0 Å². The van der Waals surface area contributed by atoms with E-state index in [0.717, 1.165) is 40.8 Å². The fraction of sp³-hybridized carbons (Fsp3) is 0.182. The van der Waals surface area contributed by atoms with Crippen molar-refractivity contribution in [2.45, 2.75) is 17.9 Å². The van der Waals surface area contributed by atoms with Crippen LogP contribution in [0.2, 0.25) is 0 Å². The number of rotatable bonds is 8. The van der Waals surface area contributed by atoms with Crippen LogP contribution in [0, 0.1) is 0 Å². The maximum absolute atomic E-state index is 5.76. The lowest BCUT2D eigenvalue weighted by molar-refractivity contribution is 0.310. The standard InChI is InChI=1S/C22H20N2OS2/c1-3-9-17(10-4-1)19-15-27-22-20(19)21(23-16-24-22)26-14-8-7-13-25-18-11-5-2-6-12-18/h1-6,9-12,15-16H,7-8,13-14H2. The Balaban J connectivity index is 1.37. The first-order valence-electron chi connectivity index (χ1n) is 9.00. The van der Waals surface area contributed by atoms with E-state index in [1.54, 1.807) is 17.7 Å². The molecule has 0 bridgehead atoms. The van der Waals surface area contributed by atoms with Crippen LogP contribution in [0.15, 0.2) is 77.4 Å². The normalized spacial score (nSPS) is 11.0. The van der Waals surface area contributed by atoms with Crippen molar-refractivity contribution in [1.29, 1.82) is 0 Å². The Kier molecular flexibility index (Phi) is 6.02. The highest BCUT2D eigenvalue weighted by Crippen LogP contribution is 2.37. The number of hydrogen-bond donors (Lipinski definition) is 0. The third kappa shape index (κ3) is 4.49. The highest BCUT2D eigenvalue weighted by molar-refractivity contribution is 7.99. The Hall–Kier alpha value is -2.37. The van der Waals surface area contributed by atoms with Gasteiger partial charge in [-0.1, -0.05) is 48.5 Å². The maximum Gasteiger partial charge on any atom is 0.128 e. The minimum absolute atomic E-state index is 0.747. The van der Waals surface area contributed by atoms with Crippen LogP contribution < -0.4 is 4.74 Å². The molecule has 4 aromatic rings. The monoisotopic (exact) mass is 392 g/mol. The number of benzene rings is 2. The molecule has 4 rings (SSSR count). The minimum atomic E-state index is 0.747. The summed E-state index contributed by atoms with van der Waals surface area (Å²) >= 11 is 3.49. The molecule has 3 nitrogen and oxygen atoms in total. The molecule has 2 aromatic carbocycles. The number of fused-ring (bicyclic) bond motifs is 1. The number of thiophene rings is 1. The van der Waals surface area contributed by atoms with Crippen LogP contribution in [0.25, 0.3) is 21.3 Å². The van der Waals surface area contributed by atoms with Gasteiger partial charge in [-0.15, -0.1) is 23.1 Å². The zero-order valence-corrected chi connectivity index (χ0v) is 16.5. The van der Waals surface area contributed by atoms with Gasteiger partial charge in [0.2, 0.25) is 0 Å². The first-order chi connectivity index (χ1) is 13.4. The van der Waals surface area contributed by atoms with Crippen molar-refractivity contribution in [3.8, 4) is 16.9 Å². The van der Waals surface area contributed by atoms with Gasteiger partial charge in [-0.3, -0.25) is 0 Å². The summed E-state index contributed by atoms with van der Waals surface area (Å²) in [6.45, 7) is 0.747. The lowest BCUT2D eigenvalue weighted by Gasteiger charge is -2.07. The van der Waals surface area contributed by atoms with Crippen molar-refractivity contribution < 1.29 is 4.74 Å². The number of thioether (sulfide) groups is 1. The number of para-hydroxylation sites is 1. The van der Waals surface area contributed by atoms with Crippen LogP contribution in [0.3, 0.4) is 0 Å². The number of ether oxygens (including phenoxy) is 1. The molecule has 0 saturated carbocycles. The first kappa shape index (κ1) is 18.0. The Bertz CT molecular complexity index is 987. The average Bonchev–Trinajstić information content (AvgIpc) is 3.17. The topological polar surface area (TPSA) is 35.0 Å². The number of unbranched alkanes of at least 4 members (excludes halogenated alkanes) is 1. The molecule has 5 heteroatoms. The van der Waals surface area contributed by atoms with Gasteiger partial charge in [0, 0.05) is 10.9 Å². The zero-order valence-electron chi connectivity index (χ0n) is 14.9. The van der Waals surface area contributed by atoms with Crippen molar-refractivity contribution >= 4 is 33.3 Å². The van der Waals surface area contributed by atoms with Crippen molar-refractivity contribution in [3.05, 3.63) is 72.4 Å². The molecule has 0 aliphatic rings. The second kappa shape index (κ2) is 9.02. The van der Waals surface area contributed by atoms with Crippen LogP contribution in [0.5, 0.6) is 5.75 Å². The van der Waals surface area contributed by atoms with Gasteiger partial charge in [0.25, 0.3) is 0 Å².